The lowest BCUT2D eigenvalue weighted by Gasteiger charge is -2.12. The van der Waals surface area contributed by atoms with Gasteiger partial charge in [0.2, 0.25) is 0 Å². The van der Waals surface area contributed by atoms with E-state index in [4.69, 9.17) is 5.11 Å². The molecule has 0 spiro atoms. The molecule has 1 aromatic heterocycles. The van der Waals surface area contributed by atoms with Gasteiger partial charge in [-0.3, -0.25) is 0 Å². The van der Waals surface area contributed by atoms with Crippen molar-refractivity contribution in [2.45, 2.75) is 25.9 Å². The van der Waals surface area contributed by atoms with Gasteiger partial charge >= 0.3 is 0 Å². The van der Waals surface area contributed by atoms with Crippen LogP contribution in [0.1, 0.15) is 18.2 Å². The van der Waals surface area contributed by atoms with Crippen LogP contribution in [0.3, 0.4) is 0 Å². The fourth-order valence-corrected chi connectivity index (χ4v) is 2.43. The maximum absolute atomic E-state index is 8.94. The summed E-state index contributed by atoms with van der Waals surface area (Å²) < 4.78 is 1.13. The number of hydrogen-bond acceptors (Lipinski definition) is 3. The average Bonchev–Trinajstić information content (AvgIpc) is 2.53. The molecule has 0 saturated heterocycles. The van der Waals surface area contributed by atoms with Gasteiger partial charge in [0.15, 0.2) is 0 Å². The molecule has 0 aliphatic heterocycles. The minimum absolute atomic E-state index is 0. The molecule has 2 nitrogen and oxygen atoms in total. The number of aliphatic hydroxyl groups excluding tert-OH is 1. The second-order valence-corrected chi connectivity index (χ2v) is 4.81. The number of halogens is 2. The Morgan fingerprint density at radius 3 is 2.79 bits per heavy atom. The number of rotatable bonds is 5. The van der Waals surface area contributed by atoms with E-state index in [2.05, 4.69) is 39.6 Å². The average molecular weight is 301 g/mol. The molecule has 1 atom stereocenters. The van der Waals surface area contributed by atoms with Crippen molar-refractivity contribution in [1.82, 2.24) is 5.32 Å². The van der Waals surface area contributed by atoms with Crippen molar-refractivity contribution in [2.24, 2.45) is 0 Å². The summed E-state index contributed by atoms with van der Waals surface area (Å²) in [5.41, 5.74) is 0. The largest absolute Gasteiger partial charge is 0.395 e. The van der Waals surface area contributed by atoms with E-state index in [1.807, 2.05) is 0 Å². The molecule has 0 fully saturated rings. The van der Waals surface area contributed by atoms with E-state index in [1.165, 1.54) is 4.88 Å². The van der Waals surface area contributed by atoms with Crippen molar-refractivity contribution in [1.29, 1.82) is 0 Å². The SMILES string of the molecule is CCC(CO)NCc1cc(Br)cs1.Cl. The quantitative estimate of drug-likeness (QED) is 0.876. The number of nitrogens with one attached hydrogen (secondary N) is 1. The first-order chi connectivity index (χ1) is 6.26. The summed E-state index contributed by atoms with van der Waals surface area (Å²) in [5, 5.41) is 14.3. The summed E-state index contributed by atoms with van der Waals surface area (Å²) in [7, 11) is 0. The second kappa shape index (κ2) is 7.65. The molecule has 1 unspecified atom stereocenters. The Morgan fingerprint density at radius 1 is 1.64 bits per heavy atom. The van der Waals surface area contributed by atoms with Gasteiger partial charge in [0.1, 0.15) is 0 Å². The van der Waals surface area contributed by atoms with Gasteiger partial charge in [-0.05, 0) is 28.4 Å². The highest BCUT2D eigenvalue weighted by atomic mass is 79.9. The minimum atomic E-state index is 0. The third kappa shape index (κ3) is 4.75. The zero-order valence-corrected chi connectivity index (χ0v) is 11.2. The second-order valence-electron chi connectivity index (χ2n) is 2.90. The molecular formula is C9H15BrClNOS. The Labute approximate surface area is 103 Å². The van der Waals surface area contributed by atoms with Crippen LogP contribution >= 0.6 is 39.7 Å². The van der Waals surface area contributed by atoms with Gasteiger partial charge < -0.3 is 10.4 Å². The zero-order valence-electron chi connectivity index (χ0n) is 8.00. The van der Waals surface area contributed by atoms with Crippen LogP contribution in [0.2, 0.25) is 0 Å². The Kier molecular flexibility index (Phi) is 7.86. The highest BCUT2D eigenvalue weighted by Crippen LogP contribution is 2.19. The highest BCUT2D eigenvalue weighted by Gasteiger charge is 2.04. The van der Waals surface area contributed by atoms with Gasteiger partial charge in [-0.1, -0.05) is 6.92 Å². The summed E-state index contributed by atoms with van der Waals surface area (Å²) in [5.74, 6) is 0. The lowest BCUT2D eigenvalue weighted by molar-refractivity contribution is 0.238. The molecular weight excluding hydrogens is 286 g/mol. The predicted octanol–water partition coefficient (Wildman–Crippen LogP) is 2.79. The molecule has 0 saturated carbocycles. The minimum Gasteiger partial charge on any atom is -0.395 e. The molecule has 5 heteroatoms. The number of aliphatic hydroxyl groups is 1. The zero-order chi connectivity index (χ0) is 9.68. The van der Waals surface area contributed by atoms with Crippen LogP contribution in [0.5, 0.6) is 0 Å². The fourth-order valence-electron chi connectivity index (χ4n) is 1.03. The molecule has 0 amide bonds. The van der Waals surface area contributed by atoms with Gasteiger partial charge in [0.05, 0.1) is 6.61 Å². The van der Waals surface area contributed by atoms with E-state index in [1.54, 1.807) is 11.3 Å². The molecule has 1 aromatic rings. The maximum atomic E-state index is 8.94. The third-order valence-corrected chi connectivity index (χ3v) is 3.60. The number of hydrogen-bond donors (Lipinski definition) is 2. The lowest BCUT2D eigenvalue weighted by Crippen LogP contribution is -2.30. The van der Waals surface area contributed by atoms with Crippen molar-refractivity contribution in [2.75, 3.05) is 6.61 Å². The van der Waals surface area contributed by atoms with Crippen molar-refractivity contribution in [3.63, 3.8) is 0 Å². The Morgan fingerprint density at radius 2 is 2.36 bits per heavy atom. The molecule has 0 bridgehead atoms. The van der Waals surface area contributed by atoms with Crippen LogP contribution in [0.4, 0.5) is 0 Å². The molecule has 0 aromatic carbocycles. The van der Waals surface area contributed by atoms with Gasteiger partial charge in [-0.25, -0.2) is 0 Å². The fraction of sp³-hybridized carbons (Fsp3) is 0.556. The van der Waals surface area contributed by atoms with Crippen LogP contribution in [0, 0.1) is 0 Å². The molecule has 82 valence electrons. The normalized spacial score (nSPS) is 12.2. The van der Waals surface area contributed by atoms with Crippen molar-refractivity contribution >= 4 is 39.7 Å². The van der Waals surface area contributed by atoms with Crippen LogP contribution in [-0.2, 0) is 6.54 Å². The summed E-state index contributed by atoms with van der Waals surface area (Å²) in [4.78, 5) is 1.29. The van der Waals surface area contributed by atoms with E-state index in [-0.39, 0.29) is 25.1 Å². The Bertz CT molecular complexity index is 253. The first kappa shape index (κ1) is 14.4. The van der Waals surface area contributed by atoms with Crippen LogP contribution in [0.25, 0.3) is 0 Å². The molecule has 1 heterocycles. The van der Waals surface area contributed by atoms with Crippen LogP contribution < -0.4 is 5.32 Å². The first-order valence-corrected chi connectivity index (χ1v) is 6.00. The maximum Gasteiger partial charge on any atom is 0.0584 e. The smallest absolute Gasteiger partial charge is 0.0584 e. The van der Waals surface area contributed by atoms with Crippen LogP contribution in [0.15, 0.2) is 15.9 Å². The monoisotopic (exact) mass is 299 g/mol. The van der Waals surface area contributed by atoms with Gasteiger partial charge in [-0.15, -0.1) is 23.7 Å². The van der Waals surface area contributed by atoms with E-state index < -0.39 is 0 Å². The van der Waals surface area contributed by atoms with Gasteiger partial charge in [0.25, 0.3) is 0 Å². The molecule has 2 N–H and O–H groups in total. The van der Waals surface area contributed by atoms with Crippen LogP contribution in [-0.4, -0.2) is 17.8 Å². The first-order valence-electron chi connectivity index (χ1n) is 4.33. The standard InChI is InChI=1S/C9H14BrNOS.ClH/c1-2-8(5-12)11-4-9-3-7(10)6-13-9;/h3,6,8,11-12H,2,4-5H2,1H3;1H. The highest BCUT2D eigenvalue weighted by molar-refractivity contribution is 9.10. The lowest BCUT2D eigenvalue weighted by atomic mass is 10.2. The van der Waals surface area contributed by atoms with Gasteiger partial charge in [0, 0.05) is 27.3 Å². The van der Waals surface area contributed by atoms with Crippen molar-refractivity contribution < 1.29 is 5.11 Å². The summed E-state index contributed by atoms with van der Waals surface area (Å²) in [6.07, 6.45) is 0.961. The molecule has 14 heavy (non-hydrogen) atoms. The van der Waals surface area contributed by atoms with E-state index in [9.17, 15) is 0 Å². The summed E-state index contributed by atoms with van der Waals surface area (Å²) in [6, 6.07) is 2.32. The molecule has 0 aliphatic carbocycles. The van der Waals surface area contributed by atoms with E-state index >= 15 is 0 Å². The summed E-state index contributed by atoms with van der Waals surface area (Å²) in [6.45, 7) is 3.12. The Balaban J connectivity index is 0.00000169. The van der Waals surface area contributed by atoms with Crippen molar-refractivity contribution in [3.05, 3.63) is 20.8 Å². The van der Waals surface area contributed by atoms with E-state index in [0.717, 1.165) is 17.4 Å². The van der Waals surface area contributed by atoms with Gasteiger partial charge in [-0.2, -0.15) is 0 Å². The third-order valence-electron chi connectivity index (χ3n) is 1.90. The molecule has 0 aliphatic rings. The van der Waals surface area contributed by atoms with E-state index in [0.29, 0.717) is 0 Å². The summed E-state index contributed by atoms with van der Waals surface area (Å²) >= 11 is 5.13. The topological polar surface area (TPSA) is 32.3 Å². The van der Waals surface area contributed by atoms with Crippen molar-refractivity contribution in [3.8, 4) is 0 Å². The number of thiophene rings is 1. The predicted molar refractivity (Wildman–Crippen MR) is 67.3 cm³/mol. The Hall–Kier alpha value is 0.390. The molecule has 0 radical (unpaired) electrons. The molecule has 1 rings (SSSR count).